The number of ether oxygens (including phenoxy) is 1. The number of nitrogens with one attached hydrogen (secondary N) is 2. The van der Waals surface area contributed by atoms with Gasteiger partial charge in [-0.1, -0.05) is 30.2 Å². The van der Waals surface area contributed by atoms with Crippen LogP contribution >= 0.6 is 11.6 Å². The fourth-order valence-corrected chi connectivity index (χ4v) is 3.66. The van der Waals surface area contributed by atoms with Crippen molar-refractivity contribution in [3.63, 3.8) is 0 Å². The molecule has 1 amide bonds. The Balaban J connectivity index is 1.66. The number of halogens is 1. The molecule has 5 nitrogen and oxygen atoms in total. The van der Waals surface area contributed by atoms with Gasteiger partial charge in [-0.2, -0.15) is 0 Å². The molecule has 2 N–H and O–H groups in total. The molecule has 0 aliphatic carbocycles. The number of hydrogen-bond acceptors (Lipinski definition) is 4. The van der Waals surface area contributed by atoms with Crippen LogP contribution in [-0.4, -0.2) is 56.2 Å². The van der Waals surface area contributed by atoms with Gasteiger partial charge in [0, 0.05) is 24.7 Å². The van der Waals surface area contributed by atoms with Crippen molar-refractivity contribution in [1.82, 2.24) is 15.5 Å². The van der Waals surface area contributed by atoms with Gasteiger partial charge in [-0.05, 0) is 37.1 Å². The van der Waals surface area contributed by atoms with E-state index in [0.29, 0.717) is 6.54 Å². The number of amides is 1. The van der Waals surface area contributed by atoms with Crippen LogP contribution in [0.25, 0.3) is 0 Å². The molecule has 1 unspecified atom stereocenters. The van der Waals surface area contributed by atoms with Crippen LogP contribution in [0, 0.1) is 0 Å². The molecule has 6 heteroatoms. The molecule has 3 rings (SSSR count). The van der Waals surface area contributed by atoms with E-state index in [-0.39, 0.29) is 18.0 Å². The van der Waals surface area contributed by atoms with Gasteiger partial charge in [-0.25, -0.2) is 0 Å². The Labute approximate surface area is 148 Å². The molecule has 2 heterocycles. The van der Waals surface area contributed by atoms with E-state index in [1.807, 2.05) is 18.2 Å². The molecule has 132 valence electrons. The second-order valence-corrected chi connectivity index (χ2v) is 6.90. The molecular weight excluding hydrogens is 326 g/mol. The molecule has 0 bridgehead atoms. The molecular formula is C18H26ClN3O2. The van der Waals surface area contributed by atoms with Crippen molar-refractivity contribution in [1.29, 1.82) is 0 Å². The number of hydrogen-bond donors (Lipinski definition) is 2. The van der Waals surface area contributed by atoms with Crippen molar-refractivity contribution in [2.45, 2.75) is 31.3 Å². The highest BCUT2D eigenvalue weighted by Gasteiger charge is 2.25. The van der Waals surface area contributed by atoms with Crippen molar-refractivity contribution in [2.75, 3.05) is 39.4 Å². The van der Waals surface area contributed by atoms with Crippen molar-refractivity contribution in [2.24, 2.45) is 0 Å². The van der Waals surface area contributed by atoms with Gasteiger partial charge < -0.3 is 15.4 Å². The lowest BCUT2D eigenvalue weighted by Crippen LogP contribution is -2.49. The number of morpholine rings is 1. The van der Waals surface area contributed by atoms with E-state index >= 15 is 0 Å². The molecule has 2 fully saturated rings. The number of piperidine rings is 1. The fourth-order valence-electron chi connectivity index (χ4n) is 3.46. The predicted octanol–water partition coefficient (Wildman–Crippen LogP) is 1.97. The first-order valence-electron chi connectivity index (χ1n) is 8.82. The third kappa shape index (κ3) is 4.70. The van der Waals surface area contributed by atoms with Gasteiger partial charge in [0.25, 0.3) is 0 Å². The highest BCUT2D eigenvalue weighted by molar-refractivity contribution is 6.30. The minimum absolute atomic E-state index is 0.0524. The Morgan fingerprint density at radius 3 is 2.92 bits per heavy atom. The van der Waals surface area contributed by atoms with Gasteiger partial charge in [0.2, 0.25) is 5.91 Å². The van der Waals surface area contributed by atoms with E-state index in [0.717, 1.165) is 62.7 Å². The van der Waals surface area contributed by atoms with E-state index in [9.17, 15) is 4.79 Å². The average molecular weight is 352 g/mol. The Bertz CT molecular complexity index is 543. The monoisotopic (exact) mass is 351 g/mol. The normalized spacial score (nSPS) is 23.6. The zero-order valence-electron chi connectivity index (χ0n) is 14.0. The van der Waals surface area contributed by atoms with E-state index in [1.54, 1.807) is 0 Å². The van der Waals surface area contributed by atoms with Crippen LogP contribution in [0.3, 0.4) is 0 Å². The molecule has 2 aliphatic rings. The summed E-state index contributed by atoms with van der Waals surface area (Å²) >= 11 is 6.17. The summed E-state index contributed by atoms with van der Waals surface area (Å²) in [6.45, 7) is 4.73. The van der Waals surface area contributed by atoms with Crippen LogP contribution < -0.4 is 10.6 Å². The summed E-state index contributed by atoms with van der Waals surface area (Å²) in [5.74, 6) is 0.106. The second kappa shape index (κ2) is 8.81. The number of rotatable bonds is 5. The van der Waals surface area contributed by atoms with E-state index in [4.69, 9.17) is 16.3 Å². The van der Waals surface area contributed by atoms with E-state index in [1.165, 1.54) is 0 Å². The van der Waals surface area contributed by atoms with Crippen LogP contribution in [0.5, 0.6) is 0 Å². The Kier molecular flexibility index (Phi) is 6.49. The predicted molar refractivity (Wildman–Crippen MR) is 95.2 cm³/mol. The maximum atomic E-state index is 12.4. The van der Waals surface area contributed by atoms with Gasteiger partial charge in [0.1, 0.15) is 0 Å². The van der Waals surface area contributed by atoms with Crippen LogP contribution in [-0.2, 0) is 9.53 Å². The fraction of sp³-hybridized carbons (Fsp3) is 0.611. The van der Waals surface area contributed by atoms with Gasteiger partial charge in [-0.15, -0.1) is 0 Å². The lowest BCUT2D eigenvalue weighted by molar-refractivity contribution is -0.124. The molecule has 0 spiro atoms. The Hall–Kier alpha value is -1.14. The molecule has 24 heavy (non-hydrogen) atoms. The summed E-state index contributed by atoms with van der Waals surface area (Å²) in [5, 5.41) is 7.17. The summed E-state index contributed by atoms with van der Waals surface area (Å²) in [5.41, 5.74) is 1.14. The maximum absolute atomic E-state index is 12.4. The second-order valence-electron chi connectivity index (χ2n) is 6.47. The van der Waals surface area contributed by atoms with Gasteiger partial charge in [0.15, 0.2) is 0 Å². The maximum Gasteiger partial charge on any atom is 0.237 e. The highest BCUT2D eigenvalue weighted by Crippen LogP contribution is 2.24. The number of benzene rings is 1. The molecule has 1 aromatic rings. The quantitative estimate of drug-likeness (QED) is 0.851. The first kappa shape index (κ1) is 17.7. The van der Waals surface area contributed by atoms with Crippen LogP contribution in [0.4, 0.5) is 0 Å². The SMILES string of the molecule is O=C(NCC(c1cccc(Cl)c1)N1CCOCC1)[C@H]1CCCCN1. The standard InChI is InChI=1S/C18H26ClN3O2/c19-15-5-3-4-14(12-15)17(22-8-10-24-11-9-22)13-21-18(23)16-6-1-2-7-20-16/h3-5,12,16-17,20H,1-2,6-11,13H2,(H,21,23)/t16-,17?/m1/s1. The molecule has 1 aromatic carbocycles. The largest absolute Gasteiger partial charge is 0.379 e. The Morgan fingerprint density at radius 2 is 2.21 bits per heavy atom. The highest BCUT2D eigenvalue weighted by atomic mass is 35.5. The van der Waals surface area contributed by atoms with Crippen LogP contribution in [0.15, 0.2) is 24.3 Å². The number of carbonyl (C=O) groups is 1. The summed E-state index contributed by atoms with van der Waals surface area (Å²) in [7, 11) is 0. The number of nitrogens with zero attached hydrogens (tertiary/aromatic N) is 1. The third-order valence-corrected chi connectivity index (χ3v) is 5.05. The molecule has 2 aliphatic heterocycles. The third-order valence-electron chi connectivity index (χ3n) is 4.82. The molecule has 0 radical (unpaired) electrons. The van der Waals surface area contributed by atoms with Crippen molar-refractivity contribution in [3.05, 3.63) is 34.9 Å². The minimum Gasteiger partial charge on any atom is -0.379 e. The van der Waals surface area contributed by atoms with Crippen LogP contribution in [0.2, 0.25) is 5.02 Å². The summed E-state index contributed by atoms with van der Waals surface area (Å²) in [6, 6.07) is 7.99. The number of carbonyl (C=O) groups excluding carboxylic acids is 1. The van der Waals surface area contributed by atoms with E-state index in [2.05, 4.69) is 21.6 Å². The summed E-state index contributed by atoms with van der Waals surface area (Å²) in [6.07, 6.45) is 3.19. The summed E-state index contributed by atoms with van der Waals surface area (Å²) < 4.78 is 5.47. The van der Waals surface area contributed by atoms with Gasteiger partial charge >= 0.3 is 0 Å². The molecule has 2 saturated heterocycles. The van der Waals surface area contributed by atoms with Gasteiger partial charge in [-0.3, -0.25) is 9.69 Å². The molecule has 0 saturated carbocycles. The molecule has 2 atom stereocenters. The first-order valence-corrected chi connectivity index (χ1v) is 9.20. The average Bonchev–Trinajstić information content (AvgIpc) is 2.63. The minimum atomic E-state index is -0.0524. The van der Waals surface area contributed by atoms with Gasteiger partial charge in [0.05, 0.1) is 25.3 Å². The zero-order valence-corrected chi connectivity index (χ0v) is 14.7. The van der Waals surface area contributed by atoms with Crippen molar-refractivity contribution < 1.29 is 9.53 Å². The molecule has 0 aromatic heterocycles. The zero-order chi connectivity index (χ0) is 16.8. The Morgan fingerprint density at radius 1 is 1.38 bits per heavy atom. The lowest BCUT2D eigenvalue weighted by Gasteiger charge is -2.35. The van der Waals surface area contributed by atoms with E-state index < -0.39 is 0 Å². The lowest BCUT2D eigenvalue weighted by atomic mass is 10.0. The van der Waals surface area contributed by atoms with Crippen molar-refractivity contribution >= 4 is 17.5 Å². The summed E-state index contributed by atoms with van der Waals surface area (Å²) in [4.78, 5) is 14.8. The topological polar surface area (TPSA) is 53.6 Å². The first-order chi connectivity index (χ1) is 11.7. The smallest absolute Gasteiger partial charge is 0.237 e. The van der Waals surface area contributed by atoms with Crippen LogP contribution in [0.1, 0.15) is 30.9 Å². The van der Waals surface area contributed by atoms with Crippen molar-refractivity contribution in [3.8, 4) is 0 Å².